The van der Waals surface area contributed by atoms with Crippen molar-refractivity contribution in [2.75, 3.05) is 11.9 Å². The van der Waals surface area contributed by atoms with E-state index in [9.17, 15) is 9.59 Å². The minimum absolute atomic E-state index is 0.123. The Hall–Kier alpha value is -1.84. The van der Waals surface area contributed by atoms with Crippen LogP contribution in [-0.2, 0) is 4.79 Å². The zero-order valence-corrected chi connectivity index (χ0v) is 8.49. The number of ketones is 1. The first-order chi connectivity index (χ1) is 7.13. The van der Waals surface area contributed by atoms with Gasteiger partial charge in [-0.2, -0.15) is 0 Å². The van der Waals surface area contributed by atoms with Gasteiger partial charge in [0.15, 0.2) is 5.78 Å². The molecule has 1 aromatic carbocycles. The molecular formula is C11H13NO3. The number of anilines is 1. The van der Waals surface area contributed by atoms with Crippen LogP contribution in [0, 0.1) is 0 Å². The molecule has 0 saturated heterocycles. The molecular weight excluding hydrogens is 194 g/mol. The molecule has 0 unspecified atom stereocenters. The molecule has 15 heavy (non-hydrogen) atoms. The van der Waals surface area contributed by atoms with Gasteiger partial charge >= 0.3 is 5.97 Å². The van der Waals surface area contributed by atoms with E-state index < -0.39 is 5.97 Å². The Balaban J connectivity index is 2.57. The Morgan fingerprint density at radius 1 is 1.27 bits per heavy atom. The molecule has 0 aliphatic carbocycles. The number of Topliss-reactive ketones (excluding diaryl/α,β-unsaturated/α-hetero) is 1. The van der Waals surface area contributed by atoms with E-state index in [0.717, 1.165) is 5.69 Å². The molecule has 0 heterocycles. The van der Waals surface area contributed by atoms with Gasteiger partial charge in [-0.15, -0.1) is 0 Å². The maximum atomic E-state index is 11.0. The number of carboxylic acid groups (broad SMARTS) is 1. The van der Waals surface area contributed by atoms with Gasteiger partial charge in [0.1, 0.15) is 0 Å². The van der Waals surface area contributed by atoms with Gasteiger partial charge in [-0.3, -0.25) is 4.79 Å². The van der Waals surface area contributed by atoms with Gasteiger partial charge in [0, 0.05) is 12.1 Å². The lowest BCUT2D eigenvalue weighted by molar-refractivity contribution is -0.117. The Kier molecular flexibility index (Phi) is 3.85. The average Bonchev–Trinajstić information content (AvgIpc) is 2.26. The predicted octanol–water partition coefficient (Wildman–Crippen LogP) is 1.78. The van der Waals surface area contributed by atoms with E-state index in [-0.39, 0.29) is 17.9 Å². The number of rotatable bonds is 5. The summed E-state index contributed by atoms with van der Waals surface area (Å²) < 4.78 is 0. The van der Waals surface area contributed by atoms with E-state index in [4.69, 9.17) is 5.11 Å². The van der Waals surface area contributed by atoms with Crippen LogP contribution in [0.25, 0.3) is 0 Å². The molecule has 1 aromatic rings. The summed E-state index contributed by atoms with van der Waals surface area (Å²) in [5.74, 6) is -0.830. The van der Waals surface area contributed by atoms with Gasteiger partial charge in [0.2, 0.25) is 0 Å². The van der Waals surface area contributed by atoms with Crippen LogP contribution in [0.3, 0.4) is 0 Å². The van der Waals surface area contributed by atoms with Crippen LogP contribution in [-0.4, -0.2) is 23.4 Å². The summed E-state index contributed by atoms with van der Waals surface area (Å²) in [5.41, 5.74) is 0.990. The summed E-state index contributed by atoms with van der Waals surface area (Å²) >= 11 is 0. The first-order valence-electron chi connectivity index (χ1n) is 4.72. The normalized spacial score (nSPS) is 9.67. The van der Waals surface area contributed by atoms with Crippen molar-refractivity contribution < 1.29 is 14.7 Å². The molecule has 1 rings (SSSR count). The Labute approximate surface area is 87.9 Å². The van der Waals surface area contributed by atoms with Gasteiger partial charge in [0.05, 0.1) is 12.1 Å². The third kappa shape index (κ3) is 3.42. The molecule has 0 aliphatic heterocycles. The minimum Gasteiger partial charge on any atom is -0.478 e. The summed E-state index contributed by atoms with van der Waals surface area (Å²) in [5, 5.41) is 11.6. The monoisotopic (exact) mass is 207 g/mol. The van der Waals surface area contributed by atoms with Gasteiger partial charge in [0.25, 0.3) is 0 Å². The lowest BCUT2D eigenvalue weighted by Crippen LogP contribution is -2.12. The van der Waals surface area contributed by atoms with Gasteiger partial charge in [-0.05, 0) is 24.3 Å². The zero-order chi connectivity index (χ0) is 11.3. The van der Waals surface area contributed by atoms with Crippen molar-refractivity contribution >= 4 is 17.4 Å². The summed E-state index contributed by atoms with van der Waals surface area (Å²) in [4.78, 5) is 21.6. The Morgan fingerprint density at radius 2 is 1.87 bits per heavy atom. The Bertz CT molecular complexity index is 357. The highest BCUT2D eigenvalue weighted by Crippen LogP contribution is 2.09. The molecule has 0 amide bonds. The molecule has 0 spiro atoms. The van der Waals surface area contributed by atoms with E-state index >= 15 is 0 Å². The summed E-state index contributed by atoms with van der Waals surface area (Å²) in [7, 11) is 0. The maximum absolute atomic E-state index is 11.0. The number of carboxylic acids is 1. The van der Waals surface area contributed by atoms with Gasteiger partial charge in [-0.25, -0.2) is 4.79 Å². The molecule has 0 aliphatic rings. The van der Waals surface area contributed by atoms with Crippen molar-refractivity contribution in [1.29, 1.82) is 0 Å². The standard InChI is InChI=1S/C11H13NO3/c1-2-10(13)7-12-9-5-3-8(4-6-9)11(14)15/h3-6,12H,2,7H2,1H3,(H,14,15). The largest absolute Gasteiger partial charge is 0.478 e. The summed E-state index contributed by atoms with van der Waals surface area (Å²) in [6.07, 6.45) is 0.500. The van der Waals surface area contributed by atoms with Crippen LogP contribution in [0.15, 0.2) is 24.3 Å². The summed E-state index contributed by atoms with van der Waals surface area (Å²) in [6, 6.07) is 6.29. The maximum Gasteiger partial charge on any atom is 0.335 e. The Morgan fingerprint density at radius 3 is 2.33 bits per heavy atom. The first kappa shape index (κ1) is 11.2. The van der Waals surface area contributed by atoms with E-state index in [1.165, 1.54) is 12.1 Å². The number of nitrogens with one attached hydrogen (secondary N) is 1. The lowest BCUT2D eigenvalue weighted by atomic mass is 10.2. The van der Waals surface area contributed by atoms with Crippen molar-refractivity contribution in [1.82, 2.24) is 0 Å². The number of aromatic carboxylic acids is 1. The fourth-order valence-electron chi connectivity index (χ4n) is 1.06. The third-order valence-corrected chi connectivity index (χ3v) is 2.02. The van der Waals surface area contributed by atoms with Crippen LogP contribution in [0.4, 0.5) is 5.69 Å². The zero-order valence-electron chi connectivity index (χ0n) is 8.49. The highest BCUT2D eigenvalue weighted by molar-refractivity contribution is 5.88. The second-order valence-electron chi connectivity index (χ2n) is 3.13. The van der Waals surface area contributed by atoms with E-state index in [1.54, 1.807) is 19.1 Å². The molecule has 0 bridgehead atoms. The van der Waals surface area contributed by atoms with E-state index in [0.29, 0.717) is 6.42 Å². The SMILES string of the molecule is CCC(=O)CNc1ccc(C(=O)O)cc1. The van der Waals surface area contributed by atoms with Crippen molar-refractivity contribution in [3.05, 3.63) is 29.8 Å². The first-order valence-corrected chi connectivity index (χ1v) is 4.72. The van der Waals surface area contributed by atoms with Crippen LogP contribution in [0.2, 0.25) is 0 Å². The fourth-order valence-corrected chi connectivity index (χ4v) is 1.06. The number of carbonyl (C=O) groups is 2. The van der Waals surface area contributed by atoms with Crippen LogP contribution in [0.5, 0.6) is 0 Å². The highest BCUT2D eigenvalue weighted by atomic mass is 16.4. The number of carbonyl (C=O) groups excluding carboxylic acids is 1. The number of hydrogen-bond acceptors (Lipinski definition) is 3. The molecule has 0 aromatic heterocycles. The summed E-state index contributed by atoms with van der Waals surface area (Å²) in [6.45, 7) is 2.08. The van der Waals surface area contributed by atoms with Crippen molar-refractivity contribution in [2.24, 2.45) is 0 Å². The highest BCUT2D eigenvalue weighted by Gasteiger charge is 2.02. The second kappa shape index (κ2) is 5.14. The second-order valence-corrected chi connectivity index (χ2v) is 3.13. The molecule has 0 saturated carbocycles. The predicted molar refractivity (Wildman–Crippen MR) is 57.2 cm³/mol. The average molecular weight is 207 g/mol. The van der Waals surface area contributed by atoms with Gasteiger partial charge < -0.3 is 10.4 Å². The lowest BCUT2D eigenvalue weighted by Gasteiger charge is -2.04. The van der Waals surface area contributed by atoms with E-state index in [1.807, 2.05) is 0 Å². The minimum atomic E-state index is -0.953. The number of hydrogen-bond donors (Lipinski definition) is 2. The van der Waals surface area contributed by atoms with E-state index in [2.05, 4.69) is 5.32 Å². The van der Waals surface area contributed by atoms with Crippen molar-refractivity contribution in [2.45, 2.75) is 13.3 Å². The van der Waals surface area contributed by atoms with Crippen LogP contribution in [0.1, 0.15) is 23.7 Å². The smallest absolute Gasteiger partial charge is 0.335 e. The molecule has 80 valence electrons. The van der Waals surface area contributed by atoms with Crippen molar-refractivity contribution in [3.8, 4) is 0 Å². The molecule has 0 radical (unpaired) electrons. The van der Waals surface area contributed by atoms with Crippen LogP contribution < -0.4 is 5.32 Å². The van der Waals surface area contributed by atoms with Crippen LogP contribution >= 0.6 is 0 Å². The third-order valence-electron chi connectivity index (χ3n) is 2.02. The molecule has 2 N–H and O–H groups in total. The van der Waals surface area contributed by atoms with Gasteiger partial charge in [-0.1, -0.05) is 6.92 Å². The molecule has 4 heteroatoms. The number of benzene rings is 1. The molecule has 0 atom stereocenters. The fraction of sp³-hybridized carbons (Fsp3) is 0.273. The molecule has 0 fully saturated rings. The quantitative estimate of drug-likeness (QED) is 0.772. The van der Waals surface area contributed by atoms with Crippen molar-refractivity contribution in [3.63, 3.8) is 0 Å². The topological polar surface area (TPSA) is 66.4 Å². The molecule has 4 nitrogen and oxygen atoms in total.